The van der Waals surface area contributed by atoms with Crippen molar-refractivity contribution in [2.24, 2.45) is 0 Å². The minimum absolute atomic E-state index is 0.0607. The van der Waals surface area contributed by atoms with Crippen LogP contribution in [0.2, 0.25) is 0 Å². The quantitative estimate of drug-likeness (QED) is 0.622. The van der Waals surface area contributed by atoms with Gasteiger partial charge in [0.2, 0.25) is 5.91 Å². The average molecular weight is 387 g/mol. The summed E-state index contributed by atoms with van der Waals surface area (Å²) in [6.45, 7) is 1.25. The van der Waals surface area contributed by atoms with E-state index in [0.717, 1.165) is 21.5 Å². The number of rotatable bonds is 7. The minimum atomic E-state index is -0.309. The molecule has 0 bridgehead atoms. The van der Waals surface area contributed by atoms with Gasteiger partial charge in [0.1, 0.15) is 11.6 Å². The molecule has 0 fully saturated rings. The molecule has 0 N–H and O–H groups in total. The number of aromatic nitrogens is 1. The van der Waals surface area contributed by atoms with E-state index >= 15 is 0 Å². The molecule has 0 spiro atoms. The minimum Gasteiger partial charge on any atom is -0.497 e. The summed E-state index contributed by atoms with van der Waals surface area (Å²) >= 11 is 1.46. The highest BCUT2D eigenvalue weighted by atomic mass is 32.1. The molecule has 142 valence electrons. The highest BCUT2D eigenvalue weighted by molar-refractivity contribution is 7.22. The van der Waals surface area contributed by atoms with E-state index in [0.29, 0.717) is 18.2 Å². The predicted molar refractivity (Wildman–Crippen MR) is 107 cm³/mol. The summed E-state index contributed by atoms with van der Waals surface area (Å²) in [5, 5.41) is 0.659. The Morgan fingerprint density at radius 3 is 2.56 bits per heavy atom. The van der Waals surface area contributed by atoms with Crippen LogP contribution in [0.4, 0.5) is 9.52 Å². The maximum Gasteiger partial charge on any atom is 0.233 e. The van der Waals surface area contributed by atoms with Gasteiger partial charge in [-0.3, -0.25) is 9.69 Å². The summed E-state index contributed by atoms with van der Waals surface area (Å²) in [5.41, 5.74) is 1.61. The average Bonchev–Trinajstić information content (AvgIpc) is 3.06. The highest BCUT2D eigenvalue weighted by Gasteiger charge is 2.20. The lowest BCUT2D eigenvalue weighted by molar-refractivity contribution is -0.118. The van der Waals surface area contributed by atoms with E-state index < -0.39 is 0 Å². The third-order valence-corrected chi connectivity index (χ3v) is 5.20. The van der Waals surface area contributed by atoms with Crippen LogP contribution in [0, 0.1) is 5.82 Å². The third-order valence-electron chi connectivity index (χ3n) is 4.16. The fourth-order valence-electron chi connectivity index (χ4n) is 2.63. The van der Waals surface area contributed by atoms with Crippen LogP contribution in [-0.2, 0) is 11.2 Å². The number of fused-ring (bicyclic) bond motifs is 1. The smallest absolute Gasteiger partial charge is 0.233 e. The number of thiazole rings is 1. The number of hydrogen-bond donors (Lipinski definition) is 0. The number of halogens is 1. The number of amides is 1. The van der Waals surface area contributed by atoms with Crippen LogP contribution >= 0.6 is 11.3 Å². The van der Waals surface area contributed by atoms with E-state index in [2.05, 4.69) is 4.98 Å². The molecule has 2 aromatic carbocycles. The summed E-state index contributed by atoms with van der Waals surface area (Å²) < 4.78 is 19.4. The van der Waals surface area contributed by atoms with E-state index in [4.69, 9.17) is 4.74 Å². The molecule has 0 saturated heterocycles. The molecule has 5 nitrogen and oxygen atoms in total. The van der Waals surface area contributed by atoms with Crippen LogP contribution in [0.5, 0.6) is 5.75 Å². The Hall–Kier alpha value is -2.51. The first kappa shape index (κ1) is 19.3. The molecule has 0 aliphatic rings. The predicted octanol–water partition coefficient (Wildman–Crippen LogP) is 3.58. The van der Waals surface area contributed by atoms with Crippen molar-refractivity contribution in [3.8, 4) is 5.75 Å². The van der Waals surface area contributed by atoms with Crippen molar-refractivity contribution in [2.75, 3.05) is 39.2 Å². The van der Waals surface area contributed by atoms with Crippen LogP contribution in [-0.4, -0.2) is 50.1 Å². The van der Waals surface area contributed by atoms with Crippen molar-refractivity contribution in [1.29, 1.82) is 0 Å². The Labute approximate surface area is 162 Å². The maximum absolute atomic E-state index is 13.1. The summed E-state index contributed by atoms with van der Waals surface area (Å²) in [6.07, 6.45) is 0.201. The van der Waals surface area contributed by atoms with Crippen LogP contribution in [0.15, 0.2) is 42.5 Å². The first-order valence-corrected chi connectivity index (χ1v) is 9.42. The summed E-state index contributed by atoms with van der Waals surface area (Å²) in [4.78, 5) is 21.3. The Bertz CT molecular complexity index is 925. The SMILES string of the molecule is COc1ccc2nc(N(CCN(C)C)C(=O)Cc3ccc(F)cc3)sc2c1. The van der Waals surface area contributed by atoms with Gasteiger partial charge in [-0.05, 0) is 50.0 Å². The fourth-order valence-corrected chi connectivity index (χ4v) is 3.67. The molecule has 0 atom stereocenters. The van der Waals surface area contributed by atoms with Gasteiger partial charge in [0.05, 0.1) is 23.7 Å². The molecule has 0 saturated carbocycles. The molecule has 0 aliphatic heterocycles. The molecule has 3 rings (SSSR count). The molecule has 0 unspecified atom stereocenters. The van der Waals surface area contributed by atoms with Gasteiger partial charge in [0.25, 0.3) is 0 Å². The van der Waals surface area contributed by atoms with E-state index in [1.807, 2.05) is 37.2 Å². The molecule has 1 aromatic heterocycles. The topological polar surface area (TPSA) is 45.7 Å². The third kappa shape index (κ3) is 4.81. The monoisotopic (exact) mass is 387 g/mol. The van der Waals surface area contributed by atoms with Crippen molar-refractivity contribution in [2.45, 2.75) is 6.42 Å². The van der Waals surface area contributed by atoms with Gasteiger partial charge in [-0.15, -0.1) is 0 Å². The van der Waals surface area contributed by atoms with Gasteiger partial charge < -0.3 is 9.64 Å². The van der Waals surface area contributed by atoms with Gasteiger partial charge in [0, 0.05) is 13.1 Å². The van der Waals surface area contributed by atoms with Crippen molar-refractivity contribution < 1.29 is 13.9 Å². The van der Waals surface area contributed by atoms with Crippen LogP contribution in [0.3, 0.4) is 0 Å². The van der Waals surface area contributed by atoms with E-state index in [1.54, 1.807) is 24.1 Å². The Kier molecular flexibility index (Phi) is 6.03. The Balaban J connectivity index is 1.87. The van der Waals surface area contributed by atoms with Crippen molar-refractivity contribution in [3.63, 3.8) is 0 Å². The maximum atomic E-state index is 13.1. The highest BCUT2D eigenvalue weighted by Crippen LogP contribution is 2.31. The van der Waals surface area contributed by atoms with Gasteiger partial charge in [-0.25, -0.2) is 9.37 Å². The molecule has 0 aliphatic carbocycles. The van der Waals surface area contributed by atoms with E-state index in [1.165, 1.54) is 23.5 Å². The van der Waals surface area contributed by atoms with Gasteiger partial charge in [0.15, 0.2) is 5.13 Å². The lowest BCUT2D eigenvalue weighted by Crippen LogP contribution is -2.37. The molecule has 7 heteroatoms. The second-order valence-electron chi connectivity index (χ2n) is 6.48. The molecular weight excluding hydrogens is 365 g/mol. The van der Waals surface area contributed by atoms with E-state index in [-0.39, 0.29) is 18.1 Å². The zero-order chi connectivity index (χ0) is 19.4. The normalized spacial score (nSPS) is 11.1. The number of carbonyl (C=O) groups excluding carboxylic acids is 1. The van der Waals surface area contributed by atoms with Gasteiger partial charge >= 0.3 is 0 Å². The van der Waals surface area contributed by atoms with Gasteiger partial charge in [-0.1, -0.05) is 23.5 Å². The number of anilines is 1. The summed E-state index contributed by atoms with van der Waals surface area (Å²) in [6, 6.07) is 11.7. The van der Waals surface area contributed by atoms with Crippen molar-refractivity contribution in [3.05, 3.63) is 53.8 Å². The number of nitrogens with zero attached hydrogens (tertiary/aromatic N) is 3. The molecule has 27 heavy (non-hydrogen) atoms. The number of hydrogen-bond acceptors (Lipinski definition) is 5. The molecular formula is C20H22FN3O2S. The number of benzene rings is 2. The second-order valence-corrected chi connectivity index (χ2v) is 7.49. The zero-order valence-electron chi connectivity index (χ0n) is 15.6. The number of likely N-dealkylation sites (N-methyl/N-ethyl adjacent to an activating group) is 1. The summed E-state index contributed by atoms with van der Waals surface area (Å²) in [7, 11) is 5.55. The fraction of sp³-hybridized carbons (Fsp3) is 0.300. The van der Waals surface area contributed by atoms with Crippen LogP contribution < -0.4 is 9.64 Å². The lowest BCUT2D eigenvalue weighted by Gasteiger charge is -2.22. The zero-order valence-corrected chi connectivity index (χ0v) is 16.4. The summed E-state index contributed by atoms with van der Waals surface area (Å²) in [5.74, 6) is 0.389. The lowest BCUT2D eigenvalue weighted by atomic mass is 10.1. The second kappa shape index (κ2) is 8.45. The van der Waals surface area contributed by atoms with E-state index in [9.17, 15) is 9.18 Å². The standard InChI is InChI=1S/C20H22FN3O2S/c1-23(2)10-11-24(19(25)12-14-4-6-15(21)7-5-14)20-22-17-9-8-16(26-3)13-18(17)27-20/h4-9,13H,10-12H2,1-3H3. The Morgan fingerprint density at radius 1 is 1.15 bits per heavy atom. The largest absolute Gasteiger partial charge is 0.497 e. The number of carbonyl (C=O) groups is 1. The Morgan fingerprint density at radius 2 is 1.89 bits per heavy atom. The van der Waals surface area contributed by atoms with Crippen LogP contribution in [0.25, 0.3) is 10.2 Å². The number of ether oxygens (including phenoxy) is 1. The number of methoxy groups -OCH3 is 1. The molecule has 1 amide bonds. The molecule has 0 radical (unpaired) electrons. The van der Waals surface area contributed by atoms with Crippen LogP contribution in [0.1, 0.15) is 5.56 Å². The first-order valence-electron chi connectivity index (χ1n) is 8.60. The van der Waals surface area contributed by atoms with Crippen molar-refractivity contribution >= 4 is 32.6 Å². The first-order chi connectivity index (χ1) is 13.0. The molecule has 3 aromatic rings. The van der Waals surface area contributed by atoms with Gasteiger partial charge in [-0.2, -0.15) is 0 Å². The molecule has 1 heterocycles. The van der Waals surface area contributed by atoms with Crippen molar-refractivity contribution in [1.82, 2.24) is 9.88 Å².